The van der Waals surface area contributed by atoms with Gasteiger partial charge in [0, 0.05) is 10.1 Å². The summed E-state index contributed by atoms with van der Waals surface area (Å²) in [6, 6.07) is 9.35. The molecule has 154 valence electrons. The summed E-state index contributed by atoms with van der Waals surface area (Å²) in [6.45, 7) is -0.917. The van der Waals surface area contributed by atoms with Crippen molar-refractivity contribution < 1.29 is 32.5 Å². The number of carbonyl (C=O) groups is 1. The Morgan fingerprint density at radius 2 is 2.00 bits per heavy atom. The topological polar surface area (TPSA) is 44.8 Å². The van der Waals surface area contributed by atoms with Gasteiger partial charge in [0.05, 0.1) is 6.61 Å². The van der Waals surface area contributed by atoms with E-state index in [0.29, 0.717) is 17.7 Å². The van der Waals surface area contributed by atoms with Crippen LogP contribution in [0.2, 0.25) is 0 Å². The van der Waals surface area contributed by atoms with Crippen LogP contribution in [0.15, 0.2) is 30.3 Å². The van der Waals surface area contributed by atoms with Crippen molar-refractivity contribution in [1.82, 2.24) is 0 Å². The SMILES string of the molecule is Cc1ccc(C2CC2)c(-c2ccc3c(c2)CCCO3)c1C(OC(F)F)C(=O)OF. The van der Waals surface area contributed by atoms with Crippen LogP contribution in [0.5, 0.6) is 5.75 Å². The molecule has 1 unspecified atom stereocenters. The van der Waals surface area contributed by atoms with Gasteiger partial charge < -0.3 is 9.47 Å². The third-order valence-electron chi connectivity index (χ3n) is 5.50. The zero-order valence-corrected chi connectivity index (χ0v) is 15.9. The lowest BCUT2D eigenvalue weighted by Crippen LogP contribution is -2.21. The molecule has 29 heavy (non-hydrogen) atoms. The van der Waals surface area contributed by atoms with Crippen LogP contribution in [-0.4, -0.2) is 19.2 Å². The molecule has 1 saturated carbocycles. The molecule has 0 spiro atoms. The highest BCUT2D eigenvalue weighted by Gasteiger charge is 2.35. The minimum atomic E-state index is -3.26. The maximum Gasteiger partial charge on any atom is 0.382 e. The second-order valence-corrected chi connectivity index (χ2v) is 7.48. The number of rotatable bonds is 6. The molecule has 1 aliphatic carbocycles. The Hall–Kier alpha value is -2.54. The Kier molecular flexibility index (Phi) is 5.50. The number of ether oxygens (including phenoxy) is 2. The summed E-state index contributed by atoms with van der Waals surface area (Å²) in [5, 5.41) is 0. The van der Waals surface area contributed by atoms with Gasteiger partial charge in [0.15, 0.2) is 6.10 Å². The van der Waals surface area contributed by atoms with E-state index in [1.165, 1.54) is 0 Å². The summed E-state index contributed by atoms with van der Waals surface area (Å²) < 4.78 is 49.1. The monoisotopic (exact) mass is 406 g/mol. The summed E-state index contributed by atoms with van der Waals surface area (Å²) >= 11 is 0. The molecule has 1 aliphatic heterocycles. The third-order valence-corrected chi connectivity index (χ3v) is 5.50. The first kappa shape index (κ1) is 19.8. The number of hydrogen-bond acceptors (Lipinski definition) is 4. The Morgan fingerprint density at radius 3 is 2.69 bits per heavy atom. The van der Waals surface area contributed by atoms with Crippen molar-refractivity contribution in [2.45, 2.75) is 51.2 Å². The van der Waals surface area contributed by atoms with E-state index in [-0.39, 0.29) is 11.5 Å². The van der Waals surface area contributed by atoms with Gasteiger partial charge in [0.25, 0.3) is 0 Å². The van der Waals surface area contributed by atoms with Gasteiger partial charge >= 0.3 is 12.6 Å². The highest BCUT2D eigenvalue weighted by molar-refractivity contribution is 5.84. The molecule has 0 aromatic heterocycles. The van der Waals surface area contributed by atoms with Gasteiger partial charge in [0.1, 0.15) is 5.75 Å². The molecule has 2 aliphatic rings. The number of alkyl halides is 2. The van der Waals surface area contributed by atoms with Crippen LogP contribution in [0.3, 0.4) is 0 Å². The average molecular weight is 406 g/mol. The van der Waals surface area contributed by atoms with Crippen molar-refractivity contribution in [1.29, 1.82) is 0 Å². The molecule has 2 aromatic rings. The minimum Gasteiger partial charge on any atom is -0.493 e. The summed E-state index contributed by atoms with van der Waals surface area (Å²) in [7, 11) is 0. The molecule has 0 saturated heterocycles. The van der Waals surface area contributed by atoms with Gasteiger partial charge in [-0.3, -0.25) is 4.94 Å². The van der Waals surface area contributed by atoms with Crippen LogP contribution in [0, 0.1) is 6.92 Å². The molecule has 1 heterocycles. The van der Waals surface area contributed by atoms with Crippen molar-refractivity contribution in [2.75, 3.05) is 6.61 Å². The molecule has 4 rings (SSSR count). The van der Waals surface area contributed by atoms with Gasteiger partial charge in [-0.05, 0) is 78.5 Å². The number of carbonyl (C=O) groups excluding carboxylic acids is 1. The highest BCUT2D eigenvalue weighted by Crippen LogP contribution is 2.48. The lowest BCUT2D eigenvalue weighted by molar-refractivity contribution is -0.220. The van der Waals surface area contributed by atoms with E-state index >= 15 is 0 Å². The first-order valence-electron chi connectivity index (χ1n) is 9.65. The first-order valence-corrected chi connectivity index (χ1v) is 9.65. The molecule has 1 atom stereocenters. The highest BCUT2D eigenvalue weighted by atomic mass is 19.3. The van der Waals surface area contributed by atoms with Gasteiger partial charge in [0.2, 0.25) is 0 Å². The summed E-state index contributed by atoms with van der Waals surface area (Å²) in [6.07, 6.45) is 1.81. The number of hydrogen-bond donors (Lipinski definition) is 0. The summed E-state index contributed by atoms with van der Waals surface area (Å²) in [5.41, 5.74) is 4.13. The number of aryl methyl sites for hydroxylation is 2. The Morgan fingerprint density at radius 1 is 1.21 bits per heavy atom. The van der Waals surface area contributed by atoms with Crippen LogP contribution in [0.4, 0.5) is 13.3 Å². The standard InChI is InChI=1S/C22H21F3O4/c1-12-4-8-16(13-5-6-13)19(18(12)20(21(26)29-25)28-22(23)24)15-7-9-17-14(11-15)3-2-10-27-17/h4,7-9,11,13,20,22H,2-3,5-6,10H2,1H3. The Bertz CT molecular complexity index is 925. The predicted molar refractivity (Wildman–Crippen MR) is 99.4 cm³/mol. The molecular formula is C22H21F3O4. The van der Waals surface area contributed by atoms with Crippen molar-refractivity contribution in [3.05, 3.63) is 52.6 Å². The van der Waals surface area contributed by atoms with Crippen LogP contribution in [0.1, 0.15) is 53.5 Å². The smallest absolute Gasteiger partial charge is 0.382 e. The van der Waals surface area contributed by atoms with Crippen molar-refractivity contribution in [3.63, 3.8) is 0 Å². The van der Waals surface area contributed by atoms with E-state index in [1.54, 1.807) is 13.0 Å². The van der Waals surface area contributed by atoms with Gasteiger partial charge in [-0.2, -0.15) is 8.78 Å². The van der Waals surface area contributed by atoms with Crippen molar-refractivity contribution in [2.24, 2.45) is 0 Å². The molecule has 1 fully saturated rings. The maximum absolute atomic E-state index is 13.1. The maximum atomic E-state index is 13.1. The van der Waals surface area contributed by atoms with Crippen molar-refractivity contribution in [3.8, 4) is 16.9 Å². The van der Waals surface area contributed by atoms with Crippen molar-refractivity contribution >= 4 is 5.97 Å². The molecule has 7 heteroatoms. The molecule has 0 radical (unpaired) electrons. The van der Waals surface area contributed by atoms with E-state index in [9.17, 15) is 18.1 Å². The Balaban J connectivity index is 1.91. The van der Waals surface area contributed by atoms with Gasteiger partial charge in [-0.25, -0.2) is 4.79 Å². The average Bonchev–Trinajstić information content (AvgIpc) is 3.56. The predicted octanol–water partition coefficient (Wildman–Crippen LogP) is 5.57. The fraction of sp³-hybridized carbons (Fsp3) is 0.409. The van der Waals surface area contributed by atoms with Crippen LogP contribution in [-0.2, 0) is 20.9 Å². The molecular weight excluding hydrogens is 385 g/mol. The molecule has 0 N–H and O–H groups in total. The Labute approximate surface area is 166 Å². The fourth-order valence-electron chi connectivity index (χ4n) is 4.04. The second-order valence-electron chi connectivity index (χ2n) is 7.48. The minimum absolute atomic E-state index is 0.217. The van der Waals surface area contributed by atoms with Crippen LogP contribution in [0.25, 0.3) is 11.1 Å². The second kappa shape index (κ2) is 8.06. The third kappa shape index (κ3) is 3.96. The first-order chi connectivity index (χ1) is 14.0. The van der Waals surface area contributed by atoms with Gasteiger partial charge in [-0.15, -0.1) is 0 Å². The van der Waals surface area contributed by atoms with E-state index in [4.69, 9.17) is 4.74 Å². The molecule has 0 bridgehead atoms. The largest absolute Gasteiger partial charge is 0.493 e. The van der Waals surface area contributed by atoms with E-state index in [2.05, 4.69) is 9.68 Å². The number of halogens is 3. The normalized spacial score (nSPS) is 16.9. The van der Waals surface area contributed by atoms with Crippen LogP contribution < -0.4 is 4.74 Å². The van der Waals surface area contributed by atoms with E-state index < -0.39 is 18.7 Å². The van der Waals surface area contributed by atoms with Gasteiger partial charge in [-0.1, -0.05) is 18.2 Å². The quantitative estimate of drug-likeness (QED) is 0.629. The van der Waals surface area contributed by atoms with E-state index in [1.807, 2.05) is 24.3 Å². The lowest BCUT2D eigenvalue weighted by Gasteiger charge is -2.24. The van der Waals surface area contributed by atoms with E-state index in [0.717, 1.165) is 48.1 Å². The molecule has 4 nitrogen and oxygen atoms in total. The summed E-state index contributed by atoms with van der Waals surface area (Å²) in [5.74, 6) is -0.431. The fourth-order valence-corrected chi connectivity index (χ4v) is 4.04. The molecule has 2 aromatic carbocycles. The zero-order valence-electron chi connectivity index (χ0n) is 15.9. The number of fused-ring (bicyclic) bond motifs is 1. The zero-order chi connectivity index (χ0) is 20.5. The summed E-state index contributed by atoms with van der Waals surface area (Å²) in [4.78, 5) is 15.3. The van der Waals surface area contributed by atoms with Crippen LogP contribution >= 0.6 is 0 Å². The molecule has 0 amide bonds. The number of benzene rings is 2. The lowest BCUT2D eigenvalue weighted by atomic mass is 9.85.